The molecule has 1 fully saturated rings. The predicted molar refractivity (Wildman–Crippen MR) is 78.8 cm³/mol. The first-order valence-corrected chi connectivity index (χ1v) is 6.99. The summed E-state index contributed by atoms with van der Waals surface area (Å²) in [5.74, 6) is -0.875. The van der Waals surface area contributed by atoms with Gasteiger partial charge in [0.05, 0.1) is 13.2 Å². The summed E-state index contributed by atoms with van der Waals surface area (Å²) in [5.41, 5.74) is 0.896. The molecule has 4 heteroatoms. The Hall–Kier alpha value is -1.94. The molecule has 1 heterocycles. The van der Waals surface area contributed by atoms with Gasteiger partial charge in [-0.15, -0.1) is 0 Å². The number of hydrogen-bond acceptors (Lipinski definition) is 4. The van der Waals surface area contributed by atoms with E-state index in [0.29, 0.717) is 5.57 Å². The molecule has 0 bridgehead atoms. The molecule has 0 N–H and O–H groups in total. The molecule has 0 unspecified atom stereocenters. The van der Waals surface area contributed by atoms with E-state index in [1.165, 1.54) is 6.92 Å². The van der Waals surface area contributed by atoms with Crippen LogP contribution in [-0.4, -0.2) is 25.0 Å². The number of aryl methyl sites for hydroxylation is 1. The van der Waals surface area contributed by atoms with Crippen molar-refractivity contribution in [3.05, 3.63) is 47.5 Å². The van der Waals surface area contributed by atoms with Gasteiger partial charge in [0, 0.05) is 0 Å². The number of esters is 1. The minimum Gasteiger partial charge on any atom is -0.465 e. The van der Waals surface area contributed by atoms with Crippen molar-refractivity contribution in [2.45, 2.75) is 26.9 Å². The fourth-order valence-electron chi connectivity index (χ4n) is 2.77. The first-order valence-electron chi connectivity index (χ1n) is 6.99. The Morgan fingerprint density at radius 2 is 2.00 bits per heavy atom. The van der Waals surface area contributed by atoms with Crippen molar-refractivity contribution in [1.29, 1.82) is 0 Å². The van der Waals surface area contributed by atoms with E-state index in [9.17, 15) is 9.59 Å². The van der Waals surface area contributed by atoms with Gasteiger partial charge in [-0.05, 0) is 31.9 Å². The third-order valence-electron chi connectivity index (χ3n) is 3.91. The largest absolute Gasteiger partial charge is 0.465 e. The summed E-state index contributed by atoms with van der Waals surface area (Å²) in [6.45, 7) is 9.34. The predicted octanol–water partition coefficient (Wildman–Crippen LogP) is 2.76. The van der Waals surface area contributed by atoms with Crippen LogP contribution in [0.5, 0.6) is 0 Å². The molecule has 2 rings (SSSR count). The summed E-state index contributed by atoms with van der Waals surface area (Å²) in [6, 6.07) is 7.59. The van der Waals surface area contributed by atoms with E-state index < -0.39 is 17.5 Å². The fraction of sp³-hybridized carbons (Fsp3) is 0.412. The lowest BCUT2D eigenvalue weighted by Crippen LogP contribution is -2.43. The minimum atomic E-state index is -1.44. The number of ether oxygens (including phenoxy) is 2. The van der Waals surface area contributed by atoms with Crippen LogP contribution in [0.25, 0.3) is 0 Å². The van der Waals surface area contributed by atoms with E-state index >= 15 is 0 Å². The van der Waals surface area contributed by atoms with E-state index in [2.05, 4.69) is 6.58 Å². The molecule has 0 spiro atoms. The maximum Gasteiger partial charge on any atom is 0.326 e. The zero-order valence-electron chi connectivity index (χ0n) is 12.6. The standard InChI is InChI=1S/C17H20O4/c1-5-20-16(19)17(13(4)18)12(3)10-21-15(17)14-8-6-11(2)7-9-14/h6-9,15H,3,5,10H2,1-2,4H3/t15-,17+/m1/s1. The molecule has 1 aliphatic rings. The lowest BCUT2D eigenvalue weighted by atomic mass is 9.72. The maximum absolute atomic E-state index is 12.5. The summed E-state index contributed by atoms with van der Waals surface area (Å²) in [6.07, 6.45) is -0.679. The van der Waals surface area contributed by atoms with Gasteiger partial charge < -0.3 is 9.47 Å². The number of carbonyl (C=O) groups is 2. The van der Waals surface area contributed by atoms with Crippen molar-refractivity contribution in [2.24, 2.45) is 5.41 Å². The monoisotopic (exact) mass is 288 g/mol. The lowest BCUT2D eigenvalue weighted by molar-refractivity contribution is -0.161. The zero-order valence-corrected chi connectivity index (χ0v) is 12.6. The smallest absolute Gasteiger partial charge is 0.326 e. The van der Waals surface area contributed by atoms with Crippen LogP contribution in [0.2, 0.25) is 0 Å². The first-order chi connectivity index (χ1) is 9.94. The van der Waals surface area contributed by atoms with E-state index in [-0.39, 0.29) is 19.0 Å². The van der Waals surface area contributed by atoms with Crippen molar-refractivity contribution < 1.29 is 19.1 Å². The van der Waals surface area contributed by atoms with Gasteiger partial charge in [-0.1, -0.05) is 36.4 Å². The Morgan fingerprint density at radius 3 is 2.52 bits per heavy atom. The number of Topliss-reactive ketones (excluding diaryl/α,β-unsaturated/α-hetero) is 1. The van der Waals surface area contributed by atoms with E-state index in [1.54, 1.807) is 6.92 Å². The van der Waals surface area contributed by atoms with Gasteiger partial charge in [0.1, 0.15) is 6.10 Å². The van der Waals surface area contributed by atoms with E-state index in [1.807, 2.05) is 31.2 Å². The summed E-state index contributed by atoms with van der Waals surface area (Å²) in [4.78, 5) is 24.8. The van der Waals surface area contributed by atoms with Gasteiger partial charge in [0.25, 0.3) is 0 Å². The van der Waals surface area contributed by atoms with E-state index in [0.717, 1.165) is 11.1 Å². The van der Waals surface area contributed by atoms with Crippen LogP contribution in [0.4, 0.5) is 0 Å². The molecule has 0 amide bonds. The summed E-state index contributed by atoms with van der Waals surface area (Å²) < 4.78 is 10.9. The van der Waals surface area contributed by atoms with Gasteiger partial charge in [-0.3, -0.25) is 9.59 Å². The Kier molecular flexibility index (Phi) is 4.28. The van der Waals surface area contributed by atoms with Crippen molar-refractivity contribution in [3.63, 3.8) is 0 Å². The van der Waals surface area contributed by atoms with Crippen LogP contribution in [0, 0.1) is 12.3 Å². The average Bonchev–Trinajstić information content (AvgIpc) is 2.78. The molecule has 0 aromatic heterocycles. The van der Waals surface area contributed by atoms with Crippen LogP contribution in [-0.2, 0) is 19.1 Å². The number of benzene rings is 1. The van der Waals surface area contributed by atoms with Gasteiger partial charge in [0.2, 0.25) is 0 Å². The Labute approximate surface area is 124 Å². The van der Waals surface area contributed by atoms with Crippen molar-refractivity contribution in [1.82, 2.24) is 0 Å². The molecular formula is C17H20O4. The highest BCUT2D eigenvalue weighted by atomic mass is 16.5. The summed E-state index contributed by atoms with van der Waals surface area (Å²) in [7, 11) is 0. The Bertz CT molecular complexity index is 573. The second kappa shape index (κ2) is 5.82. The third kappa shape index (κ3) is 2.40. The maximum atomic E-state index is 12.5. The number of carbonyl (C=O) groups excluding carboxylic acids is 2. The molecular weight excluding hydrogens is 268 g/mol. The van der Waals surface area contributed by atoms with Crippen molar-refractivity contribution >= 4 is 11.8 Å². The highest BCUT2D eigenvalue weighted by molar-refractivity contribution is 6.07. The quantitative estimate of drug-likeness (QED) is 0.485. The lowest BCUT2D eigenvalue weighted by Gasteiger charge is -2.30. The second-order valence-electron chi connectivity index (χ2n) is 5.29. The highest BCUT2D eigenvalue weighted by Gasteiger charge is 2.58. The molecule has 0 radical (unpaired) electrons. The molecule has 1 aromatic rings. The molecule has 4 nitrogen and oxygen atoms in total. The SMILES string of the molecule is C=C1CO[C@H](c2ccc(C)cc2)[C@]1(C(C)=O)C(=O)OCC. The summed E-state index contributed by atoms with van der Waals surface area (Å²) >= 11 is 0. The third-order valence-corrected chi connectivity index (χ3v) is 3.91. The van der Waals surface area contributed by atoms with Crippen LogP contribution >= 0.6 is 0 Å². The minimum absolute atomic E-state index is 0.178. The molecule has 2 atom stereocenters. The van der Waals surface area contributed by atoms with E-state index in [4.69, 9.17) is 9.47 Å². The highest BCUT2D eigenvalue weighted by Crippen LogP contribution is 2.49. The first kappa shape index (κ1) is 15.4. The fourth-order valence-corrected chi connectivity index (χ4v) is 2.77. The number of hydrogen-bond donors (Lipinski definition) is 0. The summed E-state index contributed by atoms with van der Waals surface area (Å²) in [5, 5.41) is 0. The molecule has 21 heavy (non-hydrogen) atoms. The molecule has 1 saturated heterocycles. The topological polar surface area (TPSA) is 52.6 Å². The van der Waals surface area contributed by atoms with Crippen LogP contribution in [0.3, 0.4) is 0 Å². The molecule has 0 aliphatic carbocycles. The Balaban J connectivity index is 2.53. The molecule has 0 saturated carbocycles. The van der Waals surface area contributed by atoms with Crippen LogP contribution in [0.1, 0.15) is 31.1 Å². The number of rotatable bonds is 4. The molecule has 1 aromatic carbocycles. The normalized spacial score (nSPS) is 24.9. The number of ketones is 1. The van der Waals surface area contributed by atoms with Gasteiger partial charge in [-0.2, -0.15) is 0 Å². The molecule has 112 valence electrons. The van der Waals surface area contributed by atoms with Gasteiger partial charge >= 0.3 is 5.97 Å². The van der Waals surface area contributed by atoms with Crippen molar-refractivity contribution in [3.8, 4) is 0 Å². The average molecular weight is 288 g/mol. The van der Waals surface area contributed by atoms with Crippen LogP contribution < -0.4 is 0 Å². The molecule has 1 aliphatic heterocycles. The van der Waals surface area contributed by atoms with Gasteiger partial charge in [0.15, 0.2) is 11.2 Å². The van der Waals surface area contributed by atoms with Crippen molar-refractivity contribution in [2.75, 3.05) is 13.2 Å². The Morgan fingerprint density at radius 1 is 1.38 bits per heavy atom. The van der Waals surface area contributed by atoms with Gasteiger partial charge in [-0.25, -0.2) is 0 Å². The zero-order chi connectivity index (χ0) is 15.6. The second-order valence-corrected chi connectivity index (χ2v) is 5.29. The van der Waals surface area contributed by atoms with Crippen LogP contribution in [0.15, 0.2) is 36.4 Å².